The van der Waals surface area contributed by atoms with Crippen molar-refractivity contribution in [2.75, 3.05) is 6.61 Å². The number of rotatable bonds is 3. The third kappa shape index (κ3) is 2.74. The van der Waals surface area contributed by atoms with Gasteiger partial charge in [0.25, 0.3) is 0 Å². The minimum absolute atomic E-state index is 0.404. The van der Waals surface area contributed by atoms with Gasteiger partial charge in [-0.2, -0.15) is 0 Å². The molecule has 2 aromatic carbocycles. The van der Waals surface area contributed by atoms with Crippen molar-refractivity contribution in [1.29, 1.82) is 0 Å². The van der Waals surface area contributed by atoms with Gasteiger partial charge in [-0.25, -0.2) is 0 Å². The summed E-state index contributed by atoms with van der Waals surface area (Å²) in [5, 5.41) is 12.8. The molecule has 0 saturated heterocycles. The van der Waals surface area contributed by atoms with E-state index in [2.05, 4.69) is 18.2 Å². The third-order valence-corrected chi connectivity index (χ3v) is 4.03. The molecule has 0 unspecified atom stereocenters. The van der Waals surface area contributed by atoms with Crippen molar-refractivity contribution in [1.82, 2.24) is 0 Å². The number of hydrogen-bond acceptors (Lipinski definition) is 2. The molecule has 1 N–H and O–H groups in total. The standard InChI is InChI=1S/C17H20O2/c18-17(11-4-1-5-12-17)13-19-16-10-6-8-14-7-2-3-9-15(14)16/h2-3,6-10,18H,1,4-5,11-13H2. The average molecular weight is 256 g/mol. The fraction of sp³-hybridized carbons (Fsp3) is 0.412. The van der Waals surface area contributed by atoms with E-state index in [1.807, 2.05) is 24.3 Å². The van der Waals surface area contributed by atoms with Crippen molar-refractivity contribution in [3.63, 3.8) is 0 Å². The summed E-state index contributed by atoms with van der Waals surface area (Å²) < 4.78 is 5.91. The molecule has 2 aromatic rings. The number of fused-ring (bicyclic) bond motifs is 1. The quantitative estimate of drug-likeness (QED) is 0.902. The van der Waals surface area contributed by atoms with Crippen LogP contribution in [-0.4, -0.2) is 17.3 Å². The SMILES string of the molecule is OC1(COc2cccc3ccccc23)CCCCC1. The van der Waals surface area contributed by atoms with E-state index in [0.717, 1.165) is 36.8 Å². The first-order valence-electron chi connectivity index (χ1n) is 7.10. The van der Waals surface area contributed by atoms with E-state index in [0.29, 0.717) is 6.61 Å². The number of aliphatic hydroxyl groups is 1. The lowest BCUT2D eigenvalue weighted by Gasteiger charge is -2.31. The molecule has 0 amide bonds. The van der Waals surface area contributed by atoms with Gasteiger partial charge in [0, 0.05) is 5.39 Å². The molecule has 2 nitrogen and oxygen atoms in total. The van der Waals surface area contributed by atoms with Crippen molar-refractivity contribution >= 4 is 10.8 Å². The molecular weight excluding hydrogens is 236 g/mol. The lowest BCUT2D eigenvalue weighted by molar-refractivity contribution is -0.0335. The Kier molecular flexibility index (Phi) is 3.43. The summed E-state index contributed by atoms with van der Waals surface area (Å²) in [6.07, 6.45) is 5.16. The summed E-state index contributed by atoms with van der Waals surface area (Å²) in [7, 11) is 0. The van der Waals surface area contributed by atoms with Gasteiger partial charge in [0.05, 0.1) is 5.60 Å². The first-order chi connectivity index (χ1) is 9.27. The molecule has 100 valence electrons. The Bertz CT molecular complexity index is 551. The van der Waals surface area contributed by atoms with E-state index in [4.69, 9.17) is 4.74 Å². The van der Waals surface area contributed by atoms with Gasteiger partial charge in [0.1, 0.15) is 12.4 Å². The zero-order valence-electron chi connectivity index (χ0n) is 11.1. The van der Waals surface area contributed by atoms with E-state index in [-0.39, 0.29) is 0 Å². The lowest BCUT2D eigenvalue weighted by Crippen LogP contribution is -2.37. The van der Waals surface area contributed by atoms with Crippen LogP contribution in [0.15, 0.2) is 42.5 Å². The highest BCUT2D eigenvalue weighted by Gasteiger charge is 2.30. The number of hydrogen-bond donors (Lipinski definition) is 1. The van der Waals surface area contributed by atoms with E-state index < -0.39 is 5.60 Å². The minimum Gasteiger partial charge on any atom is -0.490 e. The summed E-state index contributed by atoms with van der Waals surface area (Å²) >= 11 is 0. The highest BCUT2D eigenvalue weighted by Crippen LogP contribution is 2.31. The van der Waals surface area contributed by atoms with Crippen LogP contribution in [0, 0.1) is 0 Å². The Morgan fingerprint density at radius 2 is 1.68 bits per heavy atom. The number of ether oxygens (including phenoxy) is 1. The van der Waals surface area contributed by atoms with Crippen molar-refractivity contribution in [2.24, 2.45) is 0 Å². The second-order valence-electron chi connectivity index (χ2n) is 5.55. The van der Waals surface area contributed by atoms with Crippen LogP contribution in [-0.2, 0) is 0 Å². The van der Waals surface area contributed by atoms with Crippen LogP contribution in [0.1, 0.15) is 32.1 Å². The Labute approximate surface area is 114 Å². The van der Waals surface area contributed by atoms with Gasteiger partial charge in [-0.05, 0) is 24.3 Å². The molecule has 2 heteroatoms. The molecule has 0 spiro atoms. The molecule has 3 rings (SSSR count). The fourth-order valence-electron chi connectivity index (χ4n) is 2.89. The van der Waals surface area contributed by atoms with E-state index >= 15 is 0 Å². The molecule has 0 atom stereocenters. The molecule has 1 saturated carbocycles. The molecule has 1 aliphatic rings. The first-order valence-corrected chi connectivity index (χ1v) is 7.10. The van der Waals surface area contributed by atoms with Crippen LogP contribution in [0.3, 0.4) is 0 Å². The molecule has 1 fully saturated rings. The summed E-state index contributed by atoms with van der Waals surface area (Å²) in [6, 6.07) is 14.3. The van der Waals surface area contributed by atoms with Gasteiger partial charge in [-0.1, -0.05) is 55.7 Å². The predicted octanol–water partition coefficient (Wildman–Crippen LogP) is 3.91. The van der Waals surface area contributed by atoms with Crippen molar-refractivity contribution in [3.05, 3.63) is 42.5 Å². The normalized spacial score (nSPS) is 18.4. The van der Waals surface area contributed by atoms with E-state index in [1.54, 1.807) is 0 Å². The molecule has 0 aliphatic heterocycles. The molecule has 0 heterocycles. The highest BCUT2D eigenvalue weighted by molar-refractivity contribution is 5.88. The van der Waals surface area contributed by atoms with Crippen molar-refractivity contribution in [2.45, 2.75) is 37.7 Å². The maximum atomic E-state index is 10.5. The Morgan fingerprint density at radius 1 is 0.947 bits per heavy atom. The highest BCUT2D eigenvalue weighted by atomic mass is 16.5. The fourth-order valence-corrected chi connectivity index (χ4v) is 2.89. The molecule has 1 aliphatic carbocycles. The lowest BCUT2D eigenvalue weighted by atomic mass is 9.85. The van der Waals surface area contributed by atoms with Crippen molar-refractivity contribution in [3.8, 4) is 5.75 Å². The number of benzene rings is 2. The van der Waals surface area contributed by atoms with Crippen LogP contribution in [0.25, 0.3) is 10.8 Å². The van der Waals surface area contributed by atoms with E-state index in [9.17, 15) is 5.11 Å². The summed E-state index contributed by atoms with van der Waals surface area (Å²) in [5.41, 5.74) is -0.630. The maximum absolute atomic E-state index is 10.5. The molecular formula is C17H20O2. The molecule has 0 aromatic heterocycles. The second kappa shape index (κ2) is 5.22. The molecule has 19 heavy (non-hydrogen) atoms. The minimum atomic E-state index is -0.630. The van der Waals surface area contributed by atoms with Gasteiger partial charge in [0.15, 0.2) is 0 Å². The summed E-state index contributed by atoms with van der Waals surface area (Å²) in [6.45, 7) is 0.404. The van der Waals surface area contributed by atoms with Gasteiger partial charge in [-0.3, -0.25) is 0 Å². The predicted molar refractivity (Wildman–Crippen MR) is 77.5 cm³/mol. The second-order valence-corrected chi connectivity index (χ2v) is 5.55. The van der Waals surface area contributed by atoms with Crippen LogP contribution in [0.4, 0.5) is 0 Å². The molecule has 0 radical (unpaired) electrons. The largest absolute Gasteiger partial charge is 0.490 e. The van der Waals surface area contributed by atoms with Gasteiger partial charge < -0.3 is 9.84 Å². The van der Waals surface area contributed by atoms with Crippen LogP contribution in [0.2, 0.25) is 0 Å². The topological polar surface area (TPSA) is 29.5 Å². The maximum Gasteiger partial charge on any atom is 0.127 e. The van der Waals surface area contributed by atoms with Crippen LogP contribution >= 0.6 is 0 Å². The zero-order valence-corrected chi connectivity index (χ0v) is 11.1. The van der Waals surface area contributed by atoms with Gasteiger partial charge in [0.2, 0.25) is 0 Å². The zero-order chi connectivity index (χ0) is 13.1. The van der Waals surface area contributed by atoms with Gasteiger partial charge >= 0.3 is 0 Å². The van der Waals surface area contributed by atoms with Crippen molar-refractivity contribution < 1.29 is 9.84 Å². The summed E-state index contributed by atoms with van der Waals surface area (Å²) in [4.78, 5) is 0. The van der Waals surface area contributed by atoms with Crippen LogP contribution < -0.4 is 4.74 Å². The van der Waals surface area contributed by atoms with Gasteiger partial charge in [-0.15, -0.1) is 0 Å². The molecule has 0 bridgehead atoms. The Balaban J connectivity index is 1.78. The summed E-state index contributed by atoms with van der Waals surface area (Å²) in [5.74, 6) is 0.872. The Hall–Kier alpha value is -1.54. The smallest absolute Gasteiger partial charge is 0.127 e. The monoisotopic (exact) mass is 256 g/mol. The average Bonchev–Trinajstić information content (AvgIpc) is 2.46. The Morgan fingerprint density at radius 3 is 2.53 bits per heavy atom. The van der Waals surface area contributed by atoms with Crippen LogP contribution in [0.5, 0.6) is 5.75 Å². The first kappa shape index (κ1) is 12.5. The van der Waals surface area contributed by atoms with E-state index in [1.165, 1.54) is 11.8 Å². The third-order valence-electron chi connectivity index (χ3n) is 4.03.